The van der Waals surface area contributed by atoms with Crippen LogP contribution in [0.1, 0.15) is 68.9 Å². The van der Waals surface area contributed by atoms with Crippen molar-refractivity contribution in [2.24, 2.45) is 5.92 Å². The monoisotopic (exact) mass is 766 g/mol. The van der Waals surface area contributed by atoms with Crippen molar-refractivity contribution in [1.82, 2.24) is 0 Å². The second kappa shape index (κ2) is 16.9. The van der Waals surface area contributed by atoms with Gasteiger partial charge in [0.2, 0.25) is 16.3 Å². The average Bonchev–Trinajstić information content (AvgIpc) is 3.10. The maximum absolute atomic E-state index is 14.1. The van der Waals surface area contributed by atoms with E-state index in [1.165, 1.54) is 24.3 Å². The Labute approximate surface area is 311 Å². The van der Waals surface area contributed by atoms with E-state index in [1.807, 2.05) is 36.4 Å². The van der Waals surface area contributed by atoms with Crippen molar-refractivity contribution in [3.05, 3.63) is 125 Å². The molecule has 0 radical (unpaired) electrons. The highest BCUT2D eigenvalue weighted by Crippen LogP contribution is 2.50. The first kappa shape index (κ1) is 40.1. The number of carbonyl (C=O) groups excluding carboxylic acids is 1. The van der Waals surface area contributed by atoms with Gasteiger partial charge in [-0.1, -0.05) is 63.2 Å². The number of ether oxygens (including phenoxy) is 2. The molecule has 53 heavy (non-hydrogen) atoms. The van der Waals surface area contributed by atoms with Crippen LogP contribution in [0.2, 0.25) is 18.1 Å². The fraction of sp³-hybridized carbons (Fsp3) is 0.375. The minimum Gasteiger partial charge on any atom is -0.726 e. The molecular weight excluding hydrogens is 721 g/mol. The van der Waals surface area contributed by atoms with Crippen molar-refractivity contribution >= 4 is 30.3 Å². The number of rotatable bonds is 17. The lowest BCUT2D eigenvalue weighted by atomic mass is 9.78. The number of β-lactam (4-membered cyclic amide) rings is 1. The van der Waals surface area contributed by atoms with Gasteiger partial charge in [-0.25, -0.2) is 17.2 Å². The van der Waals surface area contributed by atoms with Gasteiger partial charge in [-0.15, -0.1) is 0 Å². The quantitative estimate of drug-likeness (QED) is 0.0344. The number of hydrogen-bond donors (Lipinski definition) is 0. The predicted molar refractivity (Wildman–Crippen MR) is 200 cm³/mol. The number of carbonyl (C=O) groups is 1. The molecule has 0 spiro atoms. The number of nitrogens with zero attached hydrogens (tertiary/aromatic N) is 1. The molecule has 5 rings (SSSR count). The normalized spacial score (nSPS) is 17.0. The molecule has 1 saturated heterocycles. The van der Waals surface area contributed by atoms with Crippen molar-refractivity contribution in [3.8, 4) is 11.5 Å². The predicted octanol–water partition coefficient (Wildman–Crippen LogP) is 9.04. The highest BCUT2D eigenvalue weighted by molar-refractivity contribution is 7.80. The van der Waals surface area contributed by atoms with Gasteiger partial charge in [-0.05, 0) is 90.6 Å². The Balaban J connectivity index is 1.47. The zero-order valence-corrected chi connectivity index (χ0v) is 32.4. The van der Waals surface area contributed by atoms with E-state index in [4.69, 9.17) is 13.9 Å². The molecule has 13 heteroatoms. The summed E-state index contributed by atoms with van der Waals surface area (Å²) in [6.45, 7) is 10.8. The Morgan fingerprint density at radius 1 is 0.868 bits per heavy atom. The molecule has 1 aliphatic heterocycles. The lowest BCUT2D eigenvalue weighted by molar-refractivity contribution is -0.131. The van der Waals surface area contributed by atoms with Crippen LogP contribution in [0, 0.1) is 17.6 Å². The zero-order valence-electron chi connectivity index (χ0n) is 30.6. The highest BCUT2D eigenvalue weighted by Gasteiger charge is 2.50. The van der Waals surface area contributed by atoms with E-state index in [2.05, 4.69) is 38.0 Å². The molecule has 0 unspecified atom stereocenters. The van der Waals surface area contributed by atoms with E-state index in [9.17, 15) is 26.5 Å². The first-order valence-electron chi connectivity index (χ1n) is 17.6. The lowest BCUT2D eigenvalue weighted by Gasteiger charge is -2.48. The fourth-order valence-electron chi connectivity index (χ4n) is 6.03. The van der Waals surface area contributed by atoms with E-state index in [1.54, 1.807) is 41.3 Å². The van der Waals surface area contributed by atoms with Crippen molar-refractivity contribution in [2.45, 2.75) is 76.9 Å². The number of halogens is 2. The first-order chi connectivity index (χ1) is 25.0. The van der Waals surface area contributed by atoms with E-state index < -0.39 is 36.5 Å². The summed E-state index contributed by atoms with van der Waals surface area (Å²) in [5, 5.41) is -0.0882. The molecule has 1 heterocycles. The molecular formula is C40H46F2NO8SSi-. The van der Waals surface area contributed by atoms with Gasteiger partial charge in [-0.3, -0.25) is 8.98 Å². The van der Waals surface area contributed by atoms with Gasteiger partial charge < -0.3 is 23.4 Å². The van der Waals surface area contributed by atoms with Crippen LogP contribution in [0.25, 0.3) is 0 Å². The topological polar surface area (TPSA) is 114 Å². The van der Waals surface area contributed by atoms with Crippen LogP contribution in [0.5, 0.6) is 11.5 Å². The Bertz CT molecular complexity index is 1940. The van der Waals surface area contributed by atoms with E-state index in [0.29, 0.717) is 35.6 Å². The maximum Gasteiger partial charge on any atom is 0.233 e. The second-order valence-electron chi connectivity index (χ2n) is 14.6. The van der Waals surface area contributed by atoms with E-state index in [0.717, 1.165) is 11.1 Å². The Kier molecular flexibility index (Phi) is 12.8. The molecule has 1 amide bonds. The third kappa shape index (κ3) is 10.5. The largest absolute Gasteiger partial charge is 0.726 e. The van der Waals surface area contributed by atoms with E-state index >= 15 is 0 Å². The molecule has 1 fully saturated rings. The minimum absolute atomic E-state index is 0.0677. The smallest absolute Gasteiger partial charge is 0.233 e. The van der Waals surface area contributed by atoms with Gasteiger partial charge in [-0.2, -0.15) is 0 Å². The third-order valence-corrected chi connectivity index (χ3v) is 14.8. The van der Waals surface area contributed by atoms with Crippen LogP contribution in [0.3, 0.4) is 0 Å². The summed E-state index contributed by atoms with van der Waals surface area (Å²) >= 11 is 0. The number of benzene rings is 4. The molecule has 0 N–H and O–H groups in total. The summed E-state index contributed by atoms with van der Waals surface area (Å²) in [5.41, 5.74) is 3.00. The van der Waals surface area contributed by atoms with E-state index in [-0.39, 0.29) is 49.1 Å². The lowest BCUT2D eigenvalue weighted by Crippen LogP contribution is -2.55. The van der Waals surface area contributed by atoms with Crippen LogP contribution in [-0.4, -0.2) is 40.4 Å². The van der Waals surface area contributed by atoms with Crippen LogP contribution in [0.4, 0.5) is 14.5 Å². The number of anilines is 1. The highest BCUT2D eigenvalue weighted by atomic mass is 32.3. The molecule has 0 saturated carbocycles. The summed E-state index contributed by atoms with van der Waals surface area (Å²) in [6.07, 6.45) is 0.699. The van der Waals surface area contributed by atoms with Crippen LogP contribution in [0.15, 0.2) is 97.1 Å². The van der Waals surface area contributed by atoms with Gasteiger partial charge >= 0.3 is 0 Å². The second-order valence-corrected chi connectivity index (χ2v) is 20.4. The number of hydrogen-bond acceptors (Lipinski definition) is 8. The Hall–Kier alpha value is -4.14. The van der Waals surface area contributed by atoms with Gasteiger partial charge in [0.15, 0.2) is 8.32 Å². The fourth-order valence-corrected chi connectivity index (χ4v) is 7.67. The minimum atomic E-state index is -4.80. The summed E-state index contributed by atoms with van der Waals surface area (Å²) < 4.78 is 83.9. The van der Waals surface area contributed by atoms with Crippen LogP contribution >= 0.6 is 0 Å². The Morgan fingerprint density at radius 3 is 2.13 bits per heavy atom. The standard InChI is InChI=1S/C40H47F2NO8SSi/c1-40(2,3)53(4,5)51-36(29-12-14-30(41)15-13-29)23-22-35-38(43(39(35)44)32-18-16-31(42)17-19-32)34-21-20-33(48-24-9-25-50-52(45,46)47)26-37(34)49-27-28-10-7-6-8-11-28/h6-8,10-21,26,35-36,38H,9,22-25,27H2,1-5H3,(H,45,46,47)/p-1/t35-,36+,38-/m1/s1. The molecule has 0 aliphatic carbocycles. The summed E-state index contributed by atoms with van der Waals surface area (Å²) in [7, 11) is -7.10. The molecule has 0 aromatic heterocycles. The van der Waals surface area contributed by atoms with Crippen molar-refractivity contribution in [2.75, 3.05) is 18.1 Å². The summed E-state index contributed by atoms with van der Waals surface area (Å²) in [6, 6.07) is 26.5. The van der Waals surface area contributed by atoms with Crippen LogP contribution in [-0.2, 0) is 30.4 Å². The van der Waals surface area contributed by atoms with Gasteiger partial charge in [0, 0.05) is 23.7 Å². The van der Waals surface area contributed by atoms with Crippen LogP contribution < -0.4 is 14.4 Å². The summed E-state index contributed by atoms with van der Waals surface area (Å²) in [4.78, 5) is 15.8. The number of amides is 1. The van der Waals surface area contributed by atoms with Gasteiger partial charge in [0.05, 0.1) is 31.3 Å². The first-order valence-corrected chi connectivity index (χ1v) is 21.8. The zero-order chi connectivity index (χ0) is 38.4. The van der Waals surface area contributed by atoms with Crippen molar-refractivity contribution in [1.29, 1.82) is 0 Å². The van der Waals surface area contributed by atoms with Crippen molar-refractivity contribution in [3.63, 3.8) is 0 Å². The molecule has 0 bridgehead atoms. The average molecular weight is 767 g/mol. The van der Waals surface area contributed by atoms with Gasteiger partial charge in [0.25, 0.3) is 0 Å². The molecule has 9 nitrogen and oxygen atoms in total. The summed E-state index contributed by atoms with van der Waals surface area (Å²) in [5.74, 6) is -0.504. The molecule has 284 valence electrons. The maximum atomic E-state index is 14.1. The van der Waals surface area contributed by atoms with Crippen molar-refractivity contribution < 1.29 is 44.6 Å². The SMILES string of the molecule is CC(C)(C)[Si](C)(C)O[C@@H](CC[C@H]1C(=O)N(c2ccc(F)cc2)[C@@H]1c1ccc(OCCCOS(=O)(=O)[O-])cc1OCc1ccccc1)c1ccc(F)cc1. The molecule has 4 aromatic carbocycles. The Morgan fingerprint density at radius 2 is 1.51 bits per heavy atom. The molecule has 1 aliphatic rings. The van der Waals surface area contributed by atoms with Gasteiger partial charge in [0.1, 0.15) is 29.7 Å². The molecule has 4 aromatic rings. The third-order valence-electron chi connectivity index (χ3n) is 9.87. The molecule has 3 atom stereocenters.